The van der Waals surface area contributed by atoms with E-state index >= 15 is 0 Å². The van der Waals surface area contributed by atoms with Crippen LogP contribution in [0, 0.1) is 0 Å². The summed E-state index contributed by atoms with van der Waals surface area (Å²) in [5.74, 6) is -0.220. The van der Waals surface area contributed by atoms with Crippen LogP contribution in [-0.4, -0.2) is 202 Å². The number of nitrogens with zero attached hydrogens (tertiary/aromatic N) is 1. The molecule has 0 aliphatic carbocycles. The molecule has 0 saturated carbocycles. The summed E-state index contributed by atoms with van der Waals surface area (Å²) < 4.78 is 52.3. The summed E-state index contributed by atoms with van der Waals surface area (Å²) in [7, 11) is 1.36. The van der Waals surface area contributed by atoms with Crippen LogP contribution >= 0.6 is 0 Å². The maximum Gasteiger partial charge on any atom is 0.305 e. The third-order valence-electron chi connectivity index (χ3n) is 9.64. The van der Waals surface area contributed by atoms with Crippen molar-refractivity contribution in [3.63, 3.8) is 0 Å². The first-order valence-corrected chi connectivity index (χ1v) is 17.2. The molecule has 0 unspecified atom stereocenters. The molecule has 4 heterocycles. The molecule has 4 aliphatic rings. The van der Waals surface area contributed by atoms with E-state index in [1.165, 1.54) is 12.0 Å². The number of methoxy groups -OCH3 is 1. The van der Waals surface area contributed by atoms with Gasteiger partial charge in [0.1, 0.15) is 67.2 Å². The number of likely N-dealkylation sites (tertiary alicyclic amines) is 1. The molecule has 18 nitrogen and oxygen atoms in total. The lowest BCUT2D eigenvalue weighted by Gasteiger charge is -2.31. The van der Waals surface area contributed by atoms with Crippen LogP contribution in [0.3, 0.4) is 0 Å². The highest BCUT2D eigenvalue weighted by Gasteiger charge is 2.51. The number of esters is 1. The zero-order valence-electron chi connectivity index (χ0n) is 28.0. The van der Waals surface area contributed by atoms with Crippen LogP contribution in [-0.2, 0) is 38.0 Å². The van der Waals surface area contributed by atoms with Gasteiger partial charge in [0.25, 0.3) is 0 Å². The number of ether oxygens (including phenoxy) is 7. The van der Waals surface area contributed by atoms with Gasteiger partial charge in [0, 0.05) is 26.1 Å². The Labute approximate surface area is 289 Å². The van der Waals surface area contributed by atoms with E-state index in [1.807, 2.05) is 0 Å². The van der Waals surface area contributed by atoms with E-state index in [2.05, 4.69) is 4.74 Å². The number of hydrogen-bond acceptors (Lipinski definition) is 18. The molecule has 4 fully saturated rings. The number of halogens is 1. The molecule has 4 saturated heterocycles. The van der Waals surface area contributed by atoms with Crippen molar-refractivity contribution in [2.45, 2.75) is 143 Å². The molecule has 0 aromatic carbocycles. The van der Waals surface area contributed by atoms with Gasteiger partial charge < -0.3 is 79.1 Å². The number of alkyl halides is 1. The summed E-state index contributed by atoms with van der Waals surface area (Å²) in [4.78, 5) is 12.4. The SMILES string of the molecule is COC(=O)CCCCCCCCO[C@H]1O[C@H](CO[C@H]2O[C@H](CO[C@H]3O[C@H](CN4C[C@@H](F)[C@H](O)[C@H]4[C@@H](O)CO)[C@@H](O)[C@@H]3O)[C@@H](O)[C@@H]2O)[C@@H](O)[C@@H]1O. The second-order valence-corrected chi connectivity index (χ2v) is 13.3. The molecule has 50 heavy (non-hydrogen) atoms. The van der Waals surface area contributed by atoms with E-state index in [0.717, 1.165) is 32.1 Å². The Kier molecular flexibility index (Phi) is 16.4. The van der Waals surface area contributed by atoms with Gasteiger partial charge in [0.05, 0.1) is 39.1 Å². The first-order chi connectivity index (χ1) is 23.9. The number of aliphatic hydroxyl groups is 9. The van der Waals surface area contributed by atoms with Crippen LogP contribution in [0.25, 0.3) is 0 Å². The predicted molar refractivity (Wildman–Crippen MR) is 164 cm³/mol. The minimum Gasteiger partial charge on any atom is -0.469 e. The molecule has 4 rings (SSSR count). The summed E-state index contributed by atoms with van der Waals surface area (Å²) in [6, 6.07) is -1.17. The molecular formula is C31H54FNO17. The lowest BCUT2D eigenvalue weighted by molar-refractivity contribution is -0.218. The molecule has 19 heteroatoms. The molecule has 0 bridgehead atoms. The van der Waals surface area contributed by atoms with Gasteiger partial charge in [-0.3, -0.25) is 9.69 Å². The fourth-order valence-corrected chi connectivity index (χ4v) is 6.63. The average Bonchev–Trinajstić information content (AvgIpc) is 3.74. The van der Waals surface area contributed by atoms with E-state index in [1.54, 1.807) is 0 Å². The highest BCUT2D eigenvalue weighted by atomic mass is 19.1. The molecule has 0 aromatic heterocycles. The van der Waals surface area contributed by atoms with Crippen LogP contribution in [0.15, 0.2) is 0 Å². The second-order valence-electron chi connectivity index (χ2n) is 13.3. The van der Waals surface area contributed by atoms with E-state index in [4.69, 9.17) is 28.4 Å². The minimum atomic E-state index is -1.72. The summed E-state index contributed by atoms with van der Waals surface area (Å²) in [6.45, 7) is -1.73. The maximum absolute atomic E-state index is 14.2. The molecular weight excluding hydrogens is 677 g/mol. The lowest BCUT2D eigenvalue weighted by Crippen LogP contribution is -2.50. The summed E-state index contributed by atoms with van der Waals surface area (Å²) in [6.07, 6.45) is -15.3. The highest BCUT2D eigenvalue weighted by molar-refractivity contribution is 5.68. The lowest BCUT2D eigenvalue weighted by atomic mass is 10.0. The van der Waals surface area contributed by atoms with Gasteiger partial charge in [-0.1, -0.05) is 25.7 Å². The Hall–Kier alpha value is -1.24. The fraction of sp³-hybridized carbons (Fsp3) is 0.968. The van der Waals surface area contributed by atoms with Gasteiger partial charge in [-0.25, -0.2) is 4.39 Å². The van der Waals surface area contributed by atoms with Crippen LogP contribution in [0.2, 0.25) is 0 Å². The number of aliphatic hydroxyl groups excluding tert-OH is 9. The fourth-order valence-electron chi connectivity index (χ4n) is 6.63. The van der Waals surface area contributed by atoms with Gasteiger partial charge in [-0.15, -0.1) is 0 Å². The van der Waals surface area contributed by atoms with Crippen molar-refractivity contribution < 1.29 is 88.3 Å². The Bertz CT molecular complexity index is 1020. The molecule has 0 amide bonds. The van der Waals surface area contributed by atoms with E-state index in [9.17, 15) is 55.1 Å². The number of hydrogen-bond donors (Lipinski definition) is 9. The summed E-state index contributed by atoms with van der Waals surface area (Å²) in [5, 5.41) is 92.3. The molecule has 4 aliphatic heterocycles. The normalized spacial score (nSPS) is 41.3. The predicted octanol–water partition coefficient (Wildman–Crippen LogP) is -3.98. The number of unbranched alkanes of at least 4 members (excludes halogenated alkanes) is 5. The van der Waals surface area contributed by atoms with Crippen molar-refractivity contribution in [3.05, 3.63) is 0 Å². The van der Waals surface area contributed by atoms with Crippen molar-refractivity contribution >= 4 is 5.97 Å². The third kappa shape index (κ3) is 10.5. The van der Waals surface area contributed by atoms with Crippen LogP contribution in [0.1, 0.15) is 44.9 Å². The van der Waals surface area contributed by atoms with Crippen LogP contribution in [0.5, 0.6) is 0 Å². The summed E-state index contributed by atoms with van der Waals surface area (Å²) in [5.41, 5.74) is 0. The third-order valence-corrected chi connectivity index (χ3v) is 9.64. The Morgan fingerprint density at radius 3 is 1.74 bits per heavy atom. The monoisotopic (exact) mass is 731 g/mol. The Morgan fingerprint density at radius 1 is 0.720 bits per heavy atom. The molecule has 292 valence electrons. The first kappa shape index (κ1) is 41.5. The highest BCUT2D eigenvalue weighted by Crippen LogP contribution is 2.31. The van der Waals surface area contributed by atoms with Gasteiger partial charge in [-0.05, 0) is 12.8 Å². The van der Waals surface area contributed by atoms with Gasteiger partial charge in [0.2, 0.25) is 0 Å². The van der Waals surface area contributed by atoms with Crippen molar-refractivity contribution in [1.29, 1.82) is 0 Å². The van der Waals surface area contributed by atoms with Crippen LogP contribution in [0.4, 0.5) is 4.39 Å². The van der Waals surface area contributed by atoms with Gasteiger partial charge >= 0.3 is 5.97 Å². The van der Waals surface area contributed by atoms with Gasteiger partial charge in [-0.2, -0.15) is 0 Å². The van der Waals surface area contributed by atoms with Crippen LogP contribution < -0.4 is 0 Å². The van der Waals surface area contributed by atoms with Crippen molar-refractivity contribution in [1.82, 2.24) is 4.90 Å². The van der Waals surface area contributed by atoms with Crippen molar-refractivity contribution in [2.75, 3.05) is 46.6 Å². The van der Waals surface area contributed by atoms with E-state index in [-0.39, 0.29) is 32.3 Å². The Balaban J connectivity index is 1.15. The number of carbonyl (C=O) groups is 1. The van der Waals surface area contributed by atoms with Crippen molar-refractivity contribution in [3.8, 4) is 0 Å². The second kappa shape index (κ2) is 19.7. The molecule has 16 atom stereocenters. The zero-order chi connectivity index (χ0) is 36.5. The average molecular weight is 732 g/mol. The maximum atomic E-state index is 14.2. The standard InChI is InChI=1S/C31H54FNO17/c1-44-20(36)8-6-4-2-3-5-7-9-45-29-27(42)24(39)18(49-29)13-47-31-28(43)25(40)19(50-31)14-46-30-26(41)23(38)17(48-30)11-33-10-15(32)22(37)21(33)16(35)12-34/h15-19,21-31,34-35,37-43H,2-14H2,1H3/t15-,16+,17-,18-,19-,21-,22+,23-,24-,25-,26+,27+,28+,29+,30+,31+/m1/s1. The topological polar surface area (TPSA) is 267 Å². The molecule has 9 N–H and O–H groups in total. The molecule has 0 aromatic rings. The largest absolute Gasteiger partial charge is 0.469 e. The van der Waals surface area contributed by atoms with Gasteiger partial charge in [0.15, 0.2) is 18.9 Å². The molecule has 0 spiro atoms. The van der Waals surface area contributed by atoms with E-state index < -0.39 is 111 Å². The Morgan fingerprint density at radius 2 is 1.20 bits per heavy atom. The smallest absolute Gasteiger partial charge is 0.305 e. The zero-order valence-corrected chi connectivity index (χ0v) is 28.0. The number of carbonyl (C=O) groups excluding carboxylic acids is 1. The first-order valence-electron chi connectivity index (χ1n) is 17.2. The number of rotatable bonds is 20. The van der Waals surface area contributed by atoms with E-state index in [0.29, 0.717) is 12.8 Å². The summed E-state index contributed by atoms with van der Waals surface area (Å²) >= 11 is 0. The minimum absolute atomic E-state index is 0.217. The van der Waals surface area contributed by atoms with Crippen molar-refractivity contribution in [2.24, 2.45) is 0 Å². The molecule has 0 radical (unpaired) electrons. The quantitative estimate of drug-likeness (QED) is 0.0427.